The van der Waals surface area contributed by atoms with Crippen LogP contribution in [0.2, 0.25) is 0 Å². The van der Waals surface area contributed by atoms with Crippen molar-refractivity contribution < 1.29 is 4.79 Å². The number of rotatable bonds is 4. The fourth-order valence-corrected chi connectivity index (χ4v) is 1.32. The lowest BCUT2D eigenvalue weighted by Gasteiger charge is -2.27. The van der Waals surface area contributed by atoms with E-state index in [1.54, 1.807) is 12.3 Å². The van der Waals surface area contributed by atoms with E-state index in [2.05, 4.69) is 43.3 Å². The smallest absolute Gasteiger partial charge is 0.269 e. The summed E-state index contributed by atoms with van der Waals surface area (Å²) in [5.74, 6) is 0.298. The second kappa shape index (κ2) is 5.85. The van der Waals surface area contributed by atoms with Crippen LogP contribution >= 0.6 is 0 Å². The molecule has 4 nitrogen and oxygen atoms in total. The largest absolute Gasteiger partial charge is 0.387 e. The van der Waals surface area contributed by atoms with Gasteiger partial charge in [0.15, 0.2) is 0 Å². The van der Waals surface area contributed by atoms with Gasteiger partial charge in [-0.2, -0.15) is 0 Å². The Morgan fingerprint density at radius 3 is 2.50 bits per heavy atom. The summed E-state index contributed by atoms with van der Waals surface area (Å²) >= 11 is 0. The van der Waals surface area contributed by atoms with Crippen molar-refractivity contribution >= 4 is 11.6 Å². The van der Waals surface area contributed by atoms with E-state index in [1.165, 1.54) is 0 Å². The predicted octanol–water partition coefficient (Wildman–Crippen LogP) is 2.54. The number of amides is 1. The number of anilines is 1. The van der Waals surface area contributed by atoms with Crippen molar-refractivity contribution in [3.8, 4) is 0 Å². The Bertz CT molecular complexity index is 392. The van der Waals surface area contributed by atoms with E-state index < -0.39 is 0 Å². The van der Waals surface area contributed by atoms with Crippen LogP contribution in [0, 0.1) is 11.3 Å². The number of carbonyl (C=O) groups is 1. The molecular formula is C14H23N3O. The summed E-state index contributed by atoms with van der Waals surface area (Å²) in [5.41, 5.74) is 1.54. The summed E-state index contributed by atoms with van der Waals surface area (Å²) < 4.78 is 0. The van der Waals surface area contributed by atoms with Gasteiger partial charge in [-0.05, 0) is 23.5 Å². The van der Waals surface area contributed by atoms with Crippen molar-refractivity contribution in [1.82, 2.24) is 10.3 Å². The van der Waals surface area contributed by atoms with E-state index in [4.69, 9.17) is 0 Å². The lowest BCUT2D eigenvalue weighted by atomic mass is 9.82. The quantitative estimate of drug-likeness (QED) is 0.862. The van der Waals surface area contributed by atoms with Crippen molar-refractivity contribution in [2.24, 2.45) is 11.3 Å². The van der Waals surface area contributed by atoms with Crippen molar-refractivity contribution in [3.05, 3.63) is 24.0 Å². The monoisotopic (exact) mass is 249 g/mol. The third kappa shape index (κ3) is 4.02. The molecule has 0 radical (unpaired) electrons. The molecule has 0 aliphatic rings. The molecule has 18 heavy (non-hydrogen) atoms. The molecule has 1 aromatic heterocycles. The molecule has 100 valence electrons. The second-order valence-electron chi connectivity index (χ2n) is 5.66. The summed E-state index contributed by atoms with van der Waals surface area (Å²) in [6.45, 7) is 9.31. The van der Waals surface area contributed by atoms with Crippen LogP contribution in [0.15, 0.2) is 18.3 Å². The van der Waals surface area contributed by atoms with Gasteiger partial charge in [0.05, 0.1) is 11.9 Å². The highest BCUT2D eigenvalue weighted by molar-refractivity contribution is 5.92. The van der Waals surface area contributed by atoms with E-state index >= 15 is 0 Å². The molecule has 0 aliphatic heterocycles. The first kappa shape index (κ1) is 14.5. The molecule has 0 aliphatic carbocycles. The van der Waals surface area contributed by atoms with Crippen molar-refractivity contribution in [2.45, 2.75) is 27.7 Å². The standard InChI is InChI=1S/C14H23N3O/c1-10(14(2,3)4)8-17-13(18)12-7-6-11(15-5)9-16-12/h6-7,9-10,15H,8H2,1-5H3,(H,17,18). The minimum Gasteiger partial charge on any atom is -0.387 e. The number of hydrogen-bond acceptors (Lipinski definition) is 3. The molecule has 0 fully saturated rings. The highest BCUT2D eigenvalue weighted by Gasteiger charge is 2.20. The van der Waals surface area contributed by atoms with Gasteiger partial charge in [-0.1, -0.05) is 27.7 Å². The van der Waals surface area contributed by atoms with Crippen LogP contribution in [-0.4, -0.2) is 24.5 Å². The summed E-state index contributed by atoms with van der Waals surface area (Å²) in [4.78, 5) is 16.0. The average Bonchev–Trinajstić information content (AvgIpc) is 2.34. The van der Waals surface area contributed by atoms with Crippen molar-refractivity contribution in [3.63, 3.8) is 0 Å². The van der Waals surface area contributed by atoms with Crippen LogP contribution in [-0.2, 0) is 0 Å². The van der Waals surface area contributed by atoms with Gasteiger partial charge in [-0.3, -0.25) is 4.79 Å². The molecule has 1 unspecified atom stereocenters. The number of nitrogens with one attached hydrogen (secondary N) is 2. The molecule has 0 spiro atoms. The number of nitrogens with zero attached hydrogens (tertiary/aromatic N) is 1. The zero-order chi connectivity index (χ0) is 13.8. The van der Waals surface area contributed by atoms with Crippen LogP contribution in [0.25, 0.3) is 0 Å². The first-order valence-electron chi connectivity index (χ1n) is 6.26. The molecule has 1 rings (SSSR count). The Morgan fingerprint density at radius 1 is 1.39 bits per heavy atom. The first-order chi connectivity index (χ1) is 8.34. The van der Waals surface area contributed by atoms with Crippen LogP contribution in [0.1, 0.15) is 38.2 Å². The average molecular weight is 249 g/mol. The van der Waals surface area contributed by atoms with Crippen LogP contribution in [0.4, 0.5) is 5.69 Å². The number of hydrogen-bond donors (Lipinski definition) is 2. The Morgan fingerprint density at radius 2 is 2.06 bits per heavy atom. The molecule has 0 aromatic carbocycles. The van der Waals surface area contributed by atoms with Gasteiger partial charge in [-0.15, -0.1) is 0 Å². The van der Waals surface area contributed by atoms with Crippen LogP contribution < -0.4 is 10.6 Å². The maximum Gasteiger partial charge on any atom is 0.269 e. The summed E-state index contributed by atoms with van der Waals surface area (Å²) in [6.07, 6.45) is 1.65. The third-order valence-electron chi connectivity index (χ3n) is 3.33. The Kier molecular flexibility index (Phi) is 4.70. The Labute approximate surface area is 109 Å². The highest BCUT2D eigenvalue weighted by Crippen LogP contribution is 2.24. The lowest BCUT2D eigenvalue weighted by Crippen LogP contribution is -2.34. The maximum absolute atomic E-state index is 11.9. The fourth-order valence-electron chi connectivity index (χ4n) is 1.32. The van der Waals surface area contributed by atoms with Gasteiger partial charge < -0.3 is 10.6 Å². The zero-order valence-corrected chi connectivity index (χ0v) is 11.9. The molecule has 0 bridgehead atoms. The summed E-state index contributed by atoms with van der Waals surface area (Å²) in [5, 5.41) is 5.89. The molecule has 1 amide bonds. The topological polar surface area (TPSA) is 54.0 Å². The highest BCUT2D eigenvalue weighted by atomic mass is 16.1. The van der Waals surface area contributed by atoms with E-state index in [-0.39, 0.29) is 11.3 Å². The minimum atomic E-state index is -0.117. The molecular weight excluding hydrogens is 226 g/mol. The van der Waals surface area contributed by atoms with Crippen molar-refractivity contribution in [2.75, 3.05) is 18.9 Å². The molecule has 0 saturated carbocycles. The van der Waals surface area contributed by atoms with Crippen LogP contribution in [0.5, 0.6) is 0 Å². The number of aromatic nitrogens is 1. The fraction of sp³-hybridized carbons (Fsp3) is 0.571. The van der Waals surface area contributed by atoms with E-state index in [1.807, 2.05) is 13.1 Å². The minimum absolute atomic E-state index is 0.117. The zero-order valence-electron chi connectivity index (χ0n) is 11.9. The van der Waals surface area contributed by atoms with Gasteiger partial charge in [0, 0.05) is 13.6 Å². The second-order valence-corrected chi connectivity index (χ2v) is 5.66. The first-order valence-corrected chi connectivity index (χ1v) is 6.26. The molecule has 4 heteroatoms. The molecule has 1 aromatic rings. The predicted molar refractivity (Wildman–Crippen MR) is 74.7 cm³/mol. The lowest BCUT2D eigenvalue weighted by molar-refractivity contribution is 0.0932. The number of pyridine rings is 1. The van der Waals surface area contributed by atoms with Gasteiger partial charge in [0.25, 0.3) is 5.91 Å². The molecule has 0 saturated heterocycles. The van der Waals surface area contributed by atoms with E-state index in [0.717, 1.165) is 5.69 Å². The third-order valence-corrected chi connectivity index (χ3v) is 3.33. The molecule has 2 N–H and O–H groups in total. The Hall–Kier alpha value is -1.58. The van der Waals surface area contributed by atoms with Gasteiger partial charge in [0.2, 0.25) is 0 Å². The van der Waals surface area contributed by atoms with Gasteiger partial charge in [0.1, 0.15) is 5.69 Å². The summed E-state index contributed by atoms with van der Waals surface area (Å²) in [7, 11) is 1.82. The SMILES string of the molecule is CNc1ccc(C(=O)NCC(C)C(C)(C)C)nc1. The molecule has 1 heterocycles. The summed E-state index contributed by atoms with van der Waals surface area (Å²) in [6, 6.07) is 3.57. The van der Waals surface area contributed by atoms with Crippen LogP contribution in [0.3, 0.4) is 0 Å². The Balaban J connectivity index is 2.55. The van der Waals surface area contributed by atoms with Gasteiger partial charge in [-0.25, -0.2) is 4.98 Å². The van der Waals surface area contributed by atoms with E-state index in [0.29, 0.717) is 18.2 Å². The van der Waals surface area contributed by atoms with Crippen molar-refractivity contribution in [1.29, 1.82) is 0 Å². The number of carbonyl (C=O) groups excluding carboxylic acids is 1. The maximum atomic E-state index is 11.9. The normalized spacial score (nSPS) is 12.9. The molecule has 1 atom stereocenters. The van der Waals surface area contributed by atoms with E-state index in [9.17, 15) is 4.79 Å². The van der Waals surface area contributed by atoms with Gasteiger partial charge >= 0.3 is 0 Å².